The van der Waals surface area contributed by atoms with E-state index in [1.54, 1.807) is 11.8 Å². The largest absolute Gasteiger partial charge is 0.507 e. The van der Waals surface area contributed by atoms with E-state index in [4.69, 9.17) is 0 Å². The Morgan fingerprint density at radius 1 is 0.818 bits per heavy atom. The monoisotopic (exact) mass is 316 g/mol. The zero-order valence-electron chi connectivity index (χ0n) is 13.9. The summed E-state index contributed by atoms with van der Waals surface area (Å²) in [6, 6.07) is 8.02. The van der Waals surface area contributed by atoms with Gasteiger partial charge in [0.2, 0.25) is 0 Å². The lowest BCUT2D eigenvalue weighted by molar-refractivity contribution is 0.452. The van der Waals surface area contributed by atoms with Gasteiger partial charge in [0.1, 0.15) is 11.5 Å². The van der Waals surface area contributed by atoms with E-state index in [1.165, 1.54) is 0 Å². The van der Waals surface area contributed by atoms with Crippen molar-refractivity contribution >= 4 is 11.8 Å². The van der Waals surface area contributed by atoms with Crippen LogP contribution in [0.5, 0.6) is 11.5 Å². The third-order valence-corrected chi connectivity index (χ3v) is 4.70. The molecule has 2 N–H and O–H groups in total. The second-order valence-corrected chi connectivity index (χ2v) is 6.96. The van der Waals surface area contributed by atoms with Crippen LogP contribution in [0.4, 0.5) is 0 Å². The Balaban J connectivity index is 2.66. The fourth-order valence-corrected chi connectivity index (χ4v) is 3.72. The summed E-state index contributed by atoms with van der Waals surface area (Å²) < 4.78 is 0. The number of phenolic OH excluding ortho intramolecular Hbond substituents is 2. The molecule has 2 aromatic carbocycles. The Labute approximate surface area is 137 Å². The first-order chi connectivity index (χ1) is 10.3. The Hall–Kier alpha value is -1.61. The Bertz CT molecular complexity index is 635. The standard InChI is InChI=1S/C19H24O2S/c1-11-6-13(3)18(20)15(8-11)17(10-22-5)16-9-12(2)7-14(4)19(16)21/h6-9,17,20-21H,10H2,1-5H3. The topological polar surface area (TPSA) is 40.5 Å². The molecule has 0 spiro atoms. The number of hydrogen-bond acceptors (Lipinski definition) is 3. The SMILES string of the molecule is CSCC(c1cc(C)cc(C)c1O)c1cc(C)cc(C)c1O. The predicted molar refractivity (Wildman–Crippen MR) is 95.4 cm³/mol. The molecule has 0 fully saturated rings. The summed E-state index contributed by atoms with van der Waals surface area (Å²) in [5.74, 6) is 1.46. The Morgan fingerprint density at radius 2 is 1.23 bits per heavy atom. The van der Waals surface area contributed by atoms with E-state index < -0.39 is 0 Å². The molecule has 2 aromatic rings. The molecule has 3 heteroatoms. The van der Waals surface area contributed by atoms with Crippen molar-refractivity contribution in [1.82, 2.24) is 0 Å². The molecule has 0 aliphatic heterocycles. The van der Waals surface area contributed by atoms with Gasteiger partial charge in [0.05, 0.1) is 0 Å². The maximum Gasteiger partial charge on any atom is 0.122 e. The summed E-state index contributed by atoms with van der Waals surface area (Å²) >= 11 is 1.72. The molecule has 118 valence electrons. The number of benzene rings is 2. The normalized spacial score (nSPS) is 11.2. The van der Waals surface area contributed by atoms with Crippen LogP contribution in [-0.2, 0) is 0 Å². The second-order valence-electron chi connectivity index (χ2n) is 6.05. The molecular formula is C19H24O2S. The summed E-state index contributed by atoms with van der Waals surface area (Å²) in [4.78, 5) is 0. The number of thioether (sulfide) groups is 1. The van der Waals surface area contributed by atoms with Crippen molar-refractivity contribution in [3.8, 4) is 11.5 Å². The zero-order chi connectivity index (χ0) is 16.4. The van der Waals surface area contributed by atoms with Crippen molar-refractivity contribution < 1.29 is 10.2 Å². The zero-order valence-corrected chi connectivity index (χ0v) is 14.7. The molecular weight excluding hydrogens is 292 g/mol. The molecule has 0 aliphatic carbocycles. The van der Waals surface area contributed by atoms with Crippen LogP contribution in [0, 0.1) is 27.7 Å². The average molecular weight is 316 g/mol. The van der Waals surface area contributed by atoms with Crippen LogP contribution in [0.15, 0.2) is 24.3 Å². The first-order valence-corrected chi connectivity index (χ1v) is 8.83. The first kappa shape index (κ1) is 16.8. The summed E-state index contributed by atoms with van der Waals surface area (Å²) in [5, 5.41) is 21.0. The van der Waals surface area contributed by atoms with Gasteiger partial charge in [0.15, 0.2) is 0 Å². The molecule has 0 saturated heterocycles. The molecule has 0 amide bonds. The highest BCUT2D eigenvalue weighted by atomic mass is 32.2. The summed E-state index contributed by atoms with van der Waals surface area (Å²) in [6.45, 7) is 7.91. The molecule has 0 aromatic heterocycles. The second kappa shape index (κ2) is 6.66. The van der Waals surface area contributed by atoms with Crippen molar-refractivity contribution in [3.05, 3.63) is 57.6 Å². The van der Waals surface area contributed by atoms with Crippen LogP contribution < -0.4 is 0 Å². The minimum atomic E-state index is -0.0211. The van der Waals surface area contributed by atoms with Crippen molar-refractivity contribution in [2.45, 2.75) is 33.6 Å². The van der Waals surface area contributed by atoms with Crippen LogP contribution >= 0.6 is 11.8 Å². The van der Waals surface area contributed by atoms with Crippen molar-refractivity contribution in [2.75, 3.05) is 12.0 Å². The molecule has 0 aliphatic rings. The van der Waals surface area contributed by atoms with E-state index >= 15 is 0 Å². The van der Waals surface area contributed by atoms with Crippen LogP contribution in [0.2, 0.25) is 0 Å². The van der Waals surface area contributed by atoms with Gasteiger partial charge in [-0.25, -0.2) is 0 Å². The molecule has 22 heavy (non-hydrogen) atoms. The minimum Gasteiger partial charge on any atom is -0.507 e. The van der Waals surface area contributed by atoms with Gasteiger partial charge in [-0.1, -0.05) is 35.4 Å². The van der Waals surface area contributed by atoms with Gasteiger partial charge >= 0.3 is 0 Å². The Morgan fingerprint density at radius 3 is 1.59 bits per heavy atom. The van der Waals surface area contributed by atoms with Gasteiger partial charge in [-0.2, -0.15) is 11.8 Å². The van der Waals surface area contributed by atoms with Gasteiger partial charge < -0.3 is 10.2 Å². The number of phenols is 2. The maximum atomic E-state index is 10.5. The highest BCUT2D eigenvalue weighted by Crippen LogP contribution is 2.40. The lowest BCUT2D eigenvalue weighted by atomic mass is 9.87. The van der Waals surface area contributed by atoms with E-state index in [9.17, 15) is 10.2 Å². The van der Waals surface area contributed by atoms with Gasteiger partial charge in [0, 0.05) is 22.8 Å². The van der Waals surface area contributed by atoms with Gasteiger partial charge in [-0.05, 0) is 45.1 Å². The van der Waals surface area contributed by atoms with Gasteiger partial charge in [-0.3, -0.25) is 0 Å². The number of aryl methyl sites for hydroxylation is 4. The summed E-state index contributed by atoms with van der Waals surface area (Å²) in [6.07, 6.45) is 2.05. The third kappa shape index (κ3) is 3.25. The molecule has 0 bridgehead atoms. The average Bonchev–Trinajstić information content (AvgIpc) is 2.44. The number of aromatic hydroxyl groups is 2. The predicted octanol–water partition coefficient (Wildman–Crippen LogP) is 4.83. The maximum absolute atomic E-state index is 10.5. The number of hydrogen-bond donors (Lipinski definition) is 2. The summed E-state index contributed by atoms with van der Waals surface area (Å²) in [5.41, 5.74) is 5.80. The molecule has 0 heterocycles. The van der Waals surface area contributed by atoms with E-state index in [1.807, 2.05) is 58.2 Å². The molecule has 0 saturated carbocycles. The minimum absolute atomic E-state index is 0.0211. The lowest BCUT2D eigenvalue weighted by Gasteiger charge is -2.22. The molecule has 2 rings (SSSR count). The van der Waals surface area contributed by atoms with Crippen molar-refractivity contribution in [3.63, 3.8) is 0 Å². The van der Waals surface area contributed by atoms with E-state index in [-0.39, 0.29) is 5.92 Å². The quantitative estimate of drug-likeness (QED) is 0.849. The van der Waals surface area contributed by atoms with Crippen molar-refractivity contribution in [2.24, 2.45) is 0 Å². The van der Waals surface area contributed by atoms with Gasteiger partial charge in [-0.15, -0.1) is 0 Å². The lowest BCUT2D eigenvalue weighted by Crippen LogP contribution is -2.07. The van der Waals surface area contributed by atoms with Crippen LogP contribution in [0.3, 0.4) is 0 Å². The van der Waals surface area contributed by atoms with Crippen LogP contribution in [0.1, 0.15) is 39.3 Å². The number of rotatable bonds is 4. The van der Waals surface area contributed by atoms with Crippen LogP contribution in [0.25, 0.3) is 0 Å². The summed E-state index contributed by atoms with van der Waals surface area (Å²) in [7, 11) is 0. The van der Waals surface area contributed by atoms with E-state index in [2.05, 4.69) is 0 Å². The fourth-order valence-electron chi connectivity index (χ4n) is 3.03. The molecule has 0 radical (unpaired) electrons. The smallest absolute Gasteiger partial charge is 0.122 e. The highest BCUT2D eigenvalue weighted by Gasteiger charge is 2.22. The molecule has 0 atom stereocenters. The highest BCUT2D eigenvalue weighted by molar-refractivity contribution is 7.98. The van der Waals surface area contributed by atoms with Crippen molar-refractivity contribution in [1.29, 1.82) is 0 Å². The molecule has 0 unspecified atom stereocenters. The van der Waals surface area contributed by atoms with Gasteiger partial charge in [0.25, 0.3) is 0 Å². The van der Waals surface area contributed by atoms with E-state index in [0.717, 1.165) is 39.1 Å². The van der Waals surface area contributed by atoms with E-state index in [0.29, 0.717) is 11.5 Å². The van der Waals surface area contributed by atoms with Crippen LogP contribution in [-0.4, -0.2) is 22.2 Å². The Kier molecular flexibility index (Phi) is 5.07. The fraction of sp³-hybridized carbons (Fsp3) is 0.368. The molecule has 2 nitrogen and oxygen atoms in total. The third-order valence-electron chi connectivity index (χ3n) is 4.03. The first-order valence-electron chi connectivity index (χ1n) is 7.44.